The van der Waals surface area contributed by atoms with Gasteiger partial charge in [0.2, 0.25) is 5.88 Å². The number of anilines is 1. The number of hydrogen-bond donors (Lipinski definition) is 2. The normalized spacial score (nSPS) is 14.5. The number of hydrogen-bond acceptors (Lipinski definition) is 5. The number of nitrogens with one attached hydrogen (secondary N) is 1. The van der Waals surface area contributed by atoms with E-state index in [1.54, 1.807) is 4.90 Å². The Labute approximate surface area is 135 Å². The number of urea groups is 1. The van der Waals surface area contributed by atoms with Crippen LogP contribution in [0.2, 0.25) is 0 Å². The van der Waals surface area contributed by atoms with Crippen molar-refractivity contribution in [2.75, 3.05) is 44.2 Å². The smallest absolute Gasteiger partial charge is 0.317 e. The zero-order valence-electron chi connectivity index (χ0n) is 13.2. The first kappa shape index (κ1) is 16.9. The summed E-state index contributed by atoms with van der Waals surface area (Å²) in [4.78, 5) is 30.6. The predicted octanol–water partition coefficient (Wildman–Crippen LogP) is 0.787. The van der Waals surface area contributed by atoms with Crippen LogP contribution in [0.1, 0.15) is 13.3 Å². The minimum atomic E-state index is -0.921. The summed E-state index contributed by atoms with van der Waals surface area (Å²) in [6.07, 6.45) is -0.0696. The number of aromatic nitrogens is 1. The maximum atomic E-state index is 11.9. The standard InChI is InChI=1S/C15H22N4O4/c1-2-23-13-5-3-4-12(17-13)18-8-10-19(11-9-18)15(22)16-7-6-14(20)21/h3-5H,2,6-11H2,1H3,(H,16,22)(H,20,21). The van der Waals surface area contributed by atoms with Gasteiger partial charge in [-0.05, 0) is 13.0 Å². The summed E-state index contributed by atoms with van der Waals surface area (Å²) in [6, 6.07) is 5.42. The number of pyridine rings is 1. The molecular formula is C15H22N4O4. The third-order valence-electron chi connectivity index (χ3n) is 3.51. The molecule has 2 heterocycles. The highest BCUT2D eigenvalue weighted by Crippen LogP contribution is 2.17. The molecule has 8 heteroatoms. The topological polar surface area (TPSA) is 95.0 Å². The van der Waals surface area contributed by atoms with E-state index in [0.717, 1.165) is 5.82 Å². The van der Waals surface area contributed by atoms with Gasteiger partial charge in [0.15, 0.2) is 0 Å². The van der Waals surface area contributed by atoms with Crippen LogP contribution in [-0.2, 0) is 4.79 Å². The number of ether oxygens (including phenoxy) is 1. The number of carbonyl (C=O) groups excluding carboxylic acids is 1. The number of rotatable bonds is 6. The summed E-state index contributed by atoms with van der Waals surface area (Å²) >= 11 is 0. The molecule has 2 amide bonds. The molecule has 0 saturated carbocycles. The maximum Gasteiger partial charge on any atom is 0.317 e. The van der Waals surface area contributed by atoms with E-state index in [2.05, 4.69) is 15.2 Å². The molecule has 1 aromatic rings. The van der Waals surface area contributed by atoms with Crippen molar-refractivity contribution in [3.8, 4) is 5.88 Å². The molecule has 23 heavy (non-hydrogen) atoms. The largest absolute Gasteiger partial charge is 0.481 e. The van der Waals surface area contributed by atoms with Crippen molar-refractivity contribution in [1.29, 1.82) is 0 Å². The van der Waals surface area contributed by atoms with E-state index in [4.69, 9.17) is 9.84 Å². The summed E-state index contributed by atoms with van der Waals surface area (Å²) in [5.74, 6) is 0.510. The van der Waals surface area contributed by atoms with Crippen LogP contribution in [0.4, 0.5) is 10.6 Å². The number of piperazine rings is 1. The van der Waals surface area contributed by atoms with Crippen molar-refractivity contribution < 1.29 is 19.4 Å². The van der Waals surface area contributed by atoms with Crippen LogP contribution in [0.5, 0.6) is 5.88 Å². The molecule has 1 saturated heterocycles. The van der Waals surface area contributed by atoms with Gasteiger partial charge in [0.25, 0.3) is 0 Å². The fourth-order valence-corrected chi connectivity index (χ4v) is 2.34. The average Bonchev–Trinajstić information content (AvgIpc) is 2.55. The molecule has 0 unspecified atom stereocenters. The Balaban J connectivity index is 1.82. The molecule has 0 bridgehead atoms. The second kappa shape index (κ2) is 8.21. The Kier molecular flexibility index (Phi) is 6.02. The van der Waals surface area contributed by atoms with Gasteiger partial charge in [-0.15, -0.1) is 0 Å². The summed E-state index contributed by atoms with van der Waals surface area (Å²) in [7, 11) is 0. The molecule has 0 radical (unpaired) electrons. The molecule has 1 aliphatic heterocycles. The second-order valence-electron chi connectivity index (χ2n) is 5.12. The van der Waals surface area contributed by atoms with Crippen LogP contribution in [0, 0.1) is 0 Å². The van der Waals surface area contributed by atoms with Crippen molar-refractivity contribution in [3.05, 3.63) is 18.2 Å². The molecule has 0 spiro atoms. The van der Waals surface area contributed by atoms with Crippen molar-refractivity contribution in [1.82, 2.24) is 15.2 Å². The second-order valence-corrected chi connectivity index (χ2v) is 5.12. The SMILES string of the molecule is CCOc1cccc(N2CCN(C(=O)NCCC(=O)O)CC2)n1. The molecule has 1 fully saturated rings. The maximum absolute atomic E-state index is 11.9. The molecule has 0 atom stereocenters. The first-order chi connectivity index (χ1) is 11.1. The van der Waals surface area contributed by atoms with Gasteiger partial charge >= 0.3 is 12.0 Å². The lowest BCUT2D eigenvalue weighted by Gasteiger charge is -2.35. The monoisotopic (exact) mass is 322 g/mol. The van der Waals surface area contributed by atoms with Crippen molar-refractivity contribution in [3.63, 3.8) is 0 Å². The van der Waals surface area contributed by atoms with E-state index in [-0.39, 0.29) is 19.0 Å². The lowest BCUT2D eigenvalue weighted by atomic mass is 10.3. The number of carbonyl (C=O) groups is 2. The zero-order valence-corrected chi connectivity index (χ0v) is 13.2. The van der Waals surface area contributed by atoms with E-state index in [1.165, 1.54) is 0 Å². The third-order valence-corrected chi connectivity index (χ3v) is 3.51. The molecular weight excluding hydrogens is 300 g/mol. The van der Waals surface area contributed by atoms with Crippen LogP contribution in [0.3, 0.4) is 0 Å². The highest BCUT2D eigenvalue weighted by molar-refractivity contribution is 5.75. The van der Waals surface area contributed by atoms with Crippen molar-refractivity contribution >= 4 is 17.8 Å². The van der Waals surface area contributed by atoms with Gasteiger partial charge in [-0.2, -0.15) is 4.98 Å². The lowest BCUT2D eigenvalue weighted by Crippen LogP contribution is -2.52. The number of aliphatic carboxylic acids is 1. The van der Waals surface area contributed by atoms with Crippen LogP contribution in [-0.4, -0.2) is 66.3 Å². The van der Waals surface area contributed by atoms with E-state index >= 15 is 0 Å². The van der Waals surface area contributed by atoms with Crippen molar-refractivity contribution in [2.24, 2.45) is 0 Å². The van der Waals surface area contributed by atoms with Gasteiger partial charge in [0.05, 0.1) is 13.0 Å². The molecule has 126 valence electrons. The van der Waals surface area contributed by atoms with Gasteiger partial charge in [0, 0.05) is 38.8 Å². The summed E-state index contributed by atoms with van der Waals surface area (Å²) in [5.41, 5.74) is 0. The summed E-state index contributed by atoms with van der Waals surface area (Å²) in [6.45, 7) is 5.12. The Morgan fingerprint density at radius 1 is 1.30 bits per heavy atom. The first-order valence-corrected chi connectivity index (χ1v) is 7.69. The predicted molar refractivity (Wildman–Crippen MR) is 84.8 cm³/mol. The lowest BCUT2D eigenvalue weighted by molar-refractivity contribution is -0.136. The number of nitrogens with zero attached hydrogens (tertiary/aromatic N) is 3. The van der Waals surface area contributed by atoms with Gasteiger partial charge in [-0.3, -0.25) is 4.79 Å². The number of carboxylic acids is 1. The molecule has 0 aliphatic carbocycles. The Morgan fingerprint density at radius 2 is 2.04 bits per heavy atom. The fourth-order valence-electron chi connectivity index (χ4n) is 2.34. The van der Waals surface area contributed by atoms with Gasteiger partial charge in [-0.25, -0.2) is 4.79 Å². The van der Waals surface area contributed by atoms with E-state index in [1.807, 2.05) is 25.1 Å². The average molecular weight is 322 g/mol. The Bertz CT molecular complexity index is 544. The van der Waals surface area contributed by atoms with Crippen molar-refractivity contribution in [2.45, 2.75) is 13.3 Å². The summed E-state index contributed by atoms with van der Waals surface area (Å²) in [5, 5.41) is 11.2. The number of carboxylic acid groups (broad SMARTS) is 1. The third kappa shape index (κ3) is 5.01. The quantitative estimate of drug-likeness (QED) is 0.804. The molecule has 1 aliphatic rings. The van der Waals surface area contributed by atoms with Crippen LogP contribution < -0.4 is 15.0 Å². The highest BCUT2D eigenvalue weighted by atomic mass is 16.5. The highest BCUT2D eigenvalue weighted by Gasteiger charge is 2.21. The number of amides is 2. The first-order valence-electron chi connectivity index (χ1n) is 7.69. The molecule has 8 nitrogen and oxygen atoms in total. The molecule has 0 aromatic carbocycles. The van der Waals surface area contributed by atoms with Gasteiger partial charge in [0.1, 0.15) is 5.82 Å². The van der Waals surface area contributed by atoms with Crippen LogP contribution in [0.15, 0.2) is 18.2 Å². The van der Waals surface area contributed by atoms with E-state index in [9.17, 15) is 9.59 Å². The van der Waals surface area contributed by atoms with E-state index < -0.39 is 5.97 Å². The van der Waals surface area contributed by atoms with Crippen LogP contribution in [0.25, 0.3) is 0 Å². The fraction of sp³-hybridized carbons (Fsp3) is 0.533. The Hall–Kier alpha value is -2.51. The molecule has 1 aromatic heterocycles. The summed E-state index contributed by atoms with van der Waals surface area (Å²) < 4.78 is 5.40. The zero-order chi connectivity index (χ0) is 16.7. The molecule has 2 rings (SSSR count). The van der Waals surface area contributed by atoms with E-state index in [0.29, 0.717) is 38.7 Å². The Morgan fingerprint density at radius 3 is 2.70 bits per heavy atom. The van der Waals surface area contributed by atoms with Gasteiger partial charge in [-0.1, -0.05) is 6.07 Å². The minimum Gasteiger partial charge on any atom is -0.481 e. The minimum absolute atomic E-state index is 0.0696. The molecule has 2 N–H and O–H groups in total. The van der Waals surface area contributed by atoms with Crippen LogP contribution >= 0.6 is 0 Å². The van der Waals surface area contributed by atoms with Gasteiger partial charge < -0.3 is 25.0 Å².